The largest absolute Gasteiger partial charge is 0.354 e. The molecule has 3 heterocycles. The quantitative estimate of drug-likeness (QED) is 0.733. The van der Waals surface area contributed by atoms with Crippen LogP contribution in [-0.2, 0) is 4.79 Å². The van der Waals surface area contributed by atoms with Gasteiger partial charge in [-0.3, -0.25) is 9.79 Å². The van der Waals surface area contributed by atoms with Crippen LogP contribution < -0.4 is 16.2 Å². The number of benzene rings is 1. The zero-order valence-corrected chi connectivity index (χ0v) is 15.2. The molecular weight excluding hydrogens is 353 g/mol. The normalized spacial score (nSPS) is 24.9. The van der Waals surface area contributed by atoms with Crippen LogP contribution in [0.15, 0.2) is 40.4 Å². The summed E-state index contributed by atoms with van der Waals surface area (Å²) in [6.45, 7) is 2.49. The van der Waals surface area contributed by atoms with Crippen molar-refractivity contribution in [3.8, 4) is 0 Å². The fourth-order valence-corrected chi connectivity index (χ4v) is 4.44. The predicted octanol–water partition coefficient (Wildman–Crippen LogP) is 1.89. The Labute approximate surface area is 156 Å². The van der Waals surface area contributed by atoms with Crippen molar-refractivity contribution in [2.24, 2.45) is 4.99 Å². The molecule has 1 fully saturated rings. The molecule has 3 aliphatic rings. The molecule has 0 spiro atoms. The van der Waals surface area contributed by atoms with Gasteiger partial charge >= 0.3 is 0 Å². The molecule has 0 aromatic heterocycles. The average molecular weight is 375 g/mol. The molecule has 0 bridgehead atoms. The highest BCUT2D eigenvalue weighted by atomic mass is 32.2. The SMILES string of the molecule is O=C(NCCC1=CSC2=NCCCN12)C1CC(c2ccccc2F)NN1. The van der Waals surface area contributed by atoms with Gasteiger partial charge in [0.15, 0.2) is 5.17 Å². The number of thioether (sulfide) groups is 1. The van der Waals surface area contributed by atoms with Crippen molar-refractivity contribution in [3.05, 3.63) is 46.8 Å². The minimum Gasteiger partial charge on any atom is -0.354 e. The van der Waals surface area contributed by atoms with Crippen LogP contribution in [0.25, 0.3) is 0 Å². The van der Waals surface area contributed by atoms with Crippen LogP contribution in [0.1, 0.15) is 30.9 Å². The maximum Gasteiger partial charge on any atom is 0.238 e. The van der Waals surface area contributed by atoms with E-state index in [-0.39, 0.29) is 23.8 Å². The van der Waals surface area contributed by atoms with Crippen molar-refractivity contribution < 1.29 is 9.18 Å². The Morgan fingerprint density at radius 2 is 2.27 bits per heavy atom. The maximum atomic E-state index is 13.9. The van der Waals surface area contributed by atoms with Gasteiger partial charge in [-0.2, -0.15) is 0 Å². The van der Waals surface area contributed by atoms with Crippen LogP contribution in [0.2, 0.25) is 0 Å². The number of nitrogens with one attached hydrogen (secondary N) is 3. The van der Waals surface area contributed by atoms with Gasteiger partial charge in [0.05, 0.1) is 6.04 Å². The third-order valence-electron chi connectivity index (χ3n) is 4.85. The van der Waals surface area contributed by atoms with E-state index in [0.717, 1.165) is 31.1 Å². The number of hydrogen-bond acceptors (Lipinski definition) is 6. The summed E-state index contributed by atoms with van der Waals surface area (Å²) < 4.78 is 13.9. The molecule has 0 radical (unpaired) electrons. The molecule has 1 aromatic rings. The Balaban J connectivity index is 1.25. The van der Waals surface area contributed by atoms with Crippen LogP contribution in [0.5, 0.6) is 0 Å². The zero-order chi connectivity index (χ0) is 17.9. The Kier molecular flexibility index (Phi) is 5.23. The summed E-state index contributed by atoms with van der Waals surface area (Å²) in [7, 11) is 0. The Morgan fingerprint density at radius 3 is 3.15 bits per heavy atom. The van der Waals surface area contributed by atoms with E-state index in [2.05, 4.69) is 31.5 Å². The molecule has 138 valence electrons. The number of amidine groups is 1. The second kappa shape index (κ2) is 7.77. The highest BCUT2D eigenvalue weighted by molar-refractivity contribution is 8.16. The summed E-state index contributed by atoms with van der Waals surface area (Å²) in [5.41, 5.74) is 7.80. The van der Waals surface area contributed by atoms with E-state index >= 15 is 0 Å². The number of halogens is 1. The molecule has 1 amide bonds. The molecular formula is C18H22FN5OS. The van der Waals surface area contributed by atoms with Gasteiger partial charge < -0.3 is 10.2 Å². The third-order valence-corrected chi connectivity index (χ3v) is 5.80. The monoisotopic (exact) mass is 375 g/mol. The molecule has 26 heavy (non-hydrogen) atoms. The van der Waals surface area contributed by atoms with Gasteiger partial charge in [-0.05, 0) is 24.3 Å². The second-order valence-corrected chi connectivity index (χ2v) is 7.43. The number of carbonyl (C=O) groups is 1. The number of hydrazine groups is 1. The van der Waals surface area contributed by atoms with Crippen molar-refractivity contribution in [1.29, 1.82) is 0 Å². The van der Waals surface area contributed by atoms with Crippen molar-refractivity contribution in [3.63, 3.8) is 0 Å². The molecule has 3 aliphatic heterocycles. The second-order valence-electron chi connectivity index (χ2n) is 6.59. The van der Waals surface area contributed by atoms with Crippen molar-refractivity contribution in [2.75, 3.05) is 19.6 Å². The average Bonchev–Trinajstić information content (AvgIpc) is 3.30. The molecule has 0 saturated carbocycles. The van der Waals surface area contributed by atoms with Gasteiger partial charge in [-0.1, -0.05) is 30.0 Å². The fraction of sp³-hybridized carbons (Fsp3) is 0.444. The molecule has 6 nitrogen and oxygen atoms in total. The third kappa shape index (κ3) is 3.62. The first-order chi connectivity index (χ1) is 12.7. The Morgan fingerprint density at radius 1 is 1.38 bits per heavy atom. The van der Waals surface area contributed by atoms with Gasteiger partial charge in [0.25, 0.3) is 0 Å². The van der Waals surface area contributed by atoms with E-state index in [1.54, 1.807) is 30.0 Å². The lowest BCUT2D eigenvalue weighted by Crippen LogP contribution is -2.43. The first-order valence-electron chi connectivity index (χ1n) is 8.93. The summed E-state index contributed by atoms with van der Waals surface area (Å²) in [6.07, 6.45) is 2.38. The first-order valence-corrected chi connectivity index (χ1v) is 9.81. The molecule has 8 heteroatoms. The molecule has 1 saturated heterocycles. The number of fused-ring (bicyclic) bond motifs is 1. The van der Waals surface area contributed by atoms with E-state index in [1.165, 1.54) is 11.8 Å². The predicted molar refractivity (Wildman–Crippen MR) is 101 cm³/mol. The van der Waals surface area contributed by atoms with E-state index in [1.807, 2.05) is 0 Å². The standard InChI is InChI=1S/C18H22FN5OS/c19-14-5-2-1-4-13(14)15-10-16(23-22-15)17(25)20-8-6-12-11-26-18-21-7-3-9-24(12)18/h1-2,4-5,11,15-16,22-23H,3,6-10H2,(H,20,25). The molecule has 1 aromatic carbocycles. The number of aliphatic imine (C=N–C) groups is 1. The maximum absolute atomic E-state index is 13.9. The smallest absolute Gasteiger partial charge is 0.238 e. The lowest BCUT2D eigenvalue weighted by atomic mass is 10.0. The van der Waals surface area contributed by atoms with Gasteiger partial charge in [0, 0.05) is 37.3 Å². The summed E-state index contributed by atoms with van der Waals surface area (Å²) in [5.74, 6) is -0.312. The number of carbonyl (C=O) groups excluding carboxylic acids is 1. The lowest BCUT2D eigenvalue weighted by molar-refractivity contribution is -0.122. The van der Waals surface area contributed by atoms with E-state index < -0.39 is 0 Å². The van der Waals surface area contributed by atoms with Gasteiger partial charge in [0.2, 0.25) is 5.91 Å². The molecule has 4 rings (SSSR count). The van der Waals surface area contributed by atoms with Crippen molar-refractivity contribution >= 4 is 22.8 Å². The number of rotatable bonds is 5. The lowest BCUT2D eigenvalue weighted by Gasteiger charge is -2.25. The van der Waals surface area contributed by atoms with Gasteiger partial charge in [-0.15, -0.1) is 0 Å². The van der Waals surface area contributed by atoms with E-state index in [4.69, 9.17) is 0 Å². The van der Waals surface area contributed by atoms with Crippen LogP contribution in [0, 0.1) is 5.82 Å². The first kappa shape index (κ1) is 17.5. The Hall–Kier alpha value is -1.90. The van der Waals surface area contributed by atoms with Gasteiger partial charge in [0.1, 0.15) is 11.9 Å². The number of hydrogen-bond donors (Lipinski definition) is 3. The summed E-state index contributed by atoms with van der Waals surface area (Å²) in [6, 6.07) is 6.10. The highest BCUT2D eigenvalue weighted by Crippen LogP contribution is 2.30. The number of nitrogens with zero attached hydrogens (tertiary/aromatic N) is 2. The van der Waals surface area contributed by atoms with Crippen molar-refractivity contribution in [2.45, 2.75) is 31.3 Å². The molecule has 0 aliphatic carbocycles. The van der Waals surface area contributed by atoms with Gasteiger partial charge in [-0.25, -0.2) is 15.2 Å². The zero-order valence-electron chi connectivity index (χ0n) is 14.4. The molecule has 2 atom stereocenters. The Bertz CT molecular complexity index is 753. The number of amides is 1. The molecule has 2 unspecified atom stereocenters. The van der Waals surface area contributed by atoms with Crippen LogP contribution in [0.4, 0.5) is 4.39 Å². The highest BCUT2D eigenvalue weighted by Gasteiger charge is 2.31. The summed E-state index contributed by atoms with van der Waals surface area (Å²) in [5, 5.41) is 6.18. The van der Waals surface area contributed by atoms with E-state index in [0.29, 0.717) is 18.5 Å². The summed E-state index contributed by atoms with van der Waals surface area (Å²) in [4.78, 5) is 19.1. The van der Waals surface area contributed by atoms with Crippen LogP contribution in [-0.4, -0.2) is 41.7 Å². The topological polar surface area (TPSA) is 68.8 Å². The van der Waals surface area contributed by atoms with Crippen LogP contribution >= 0.6 is 11.8 Å². The fourth-order valence-electron chi connectivity index (χ4n) is 3.46. The molecule has 3 N–H and O–H groups in total. The van der Waals surface area contributed by atoms with E-state index in [9.17, 15) is 9.18 Å². The van der Waals surface area contributed by atoms with Crippen molar-refractivity contribution in [1.82, 2.24) is 21.1 Å². The van der Waals surface area contributed by atoms with Crippen LogP contribution in [0.3, 0.4) is 0 Å². The summed E-state index contributed by atoms with van der Waals surface area (Å²) >= 11 is 1.66. The minimum atomic E-state index is -0.362. The minimum absolute atomic E-state index is 0.0601.